The molecule has 0 bridgehead atoms. The van der Waals surface area contributed by atoms with Crippen LogP contribution in [0.5, 0.6) is 0 Å². The minimum absolute atomic E-state index is 0.0160. The Bertz CT molecular complexity index is 1090. The lowest BCUT2D eigenvalue weighted by atomic mass is 9.86. The first-order valence-corrected chi connectivity index (χ1v) is 19.6. The molecule has 3 atom stereocenters. The number of carbonyl (C=O) groups is 5. The van der Waals surface area contributed by atoms with Gasteiger partial charge in [0.1, 0.15) is 6.04 Å². The number of carbonyl (C=O) groups excluding carboxylic acids is 5. The summed E-state index contributed by atoms with van der Waals surface area (Å²) in [5.41, 5.74) is 0. The smallest absolute Gasteiger partial charge is 0.253 e. The summed E-state index contributed by atoms with van der Waals surface area (Å²) in [4.78, 5) is 89.0. The van der Waals surface area contributed by atoms with Crippen molar-refractivity contribution in [1.29, 1.82) is 0 Å². The number of hydrogen-bond donors (Lipinski definition) is 9. The minimum atomic E-state index is -2.89. The molecule has 0 saturated heterocycles. The van der Waals surface area contributed by atoms with Crippen molar-refractivity contribution in [3.63, 3.8) is 0 Å². The second-order valence-electron chi connectivity index (χ2n) is 11.3. The van der Waals surface area contributed by atoms with Gasteiger partial charge in [-0.15, -0.1) is 0 Å². The van der Waals surface area contributed by atoms with Gasteiger partial charge >= 0.3 is 0 Å². The van der Waals surface area contributed by atoms with Crippen molar-refractivity contribution in [2.45, 2.75) is 56.7 Å². The molecule has 1 fully saturated rings. The van der Waals surface area contributed by atoms with E-state index in [9.17, 15) is 28.9 Å². The molecule has 0 aromatic rings. The number of rotatable bonds is 29. The largest absolute Gasteiger partial charge is 0.377 e. The Kier molecular flexibility index (Phi) is 25.7. The first kappa shape index (κ1) is 46.6. The summed E-state index contributed by atoms with van der Waals surface area (Å²) < 4.78 is 21.4. The summed E-state index contributed by atoms with van der Waals surface area (Å²) in [5, 5.41) is 12.8. The molecule has 1 saturated carbocycles. The molecule has 1 aliphatic rings. The van der Waals surface area contributed by atoms with E-state index in [4.69, 9.17) is 48.2 Å². The van der Waals surface area contributed by atoms with Crippen LogP contribution in [0.4, 0.5) is 0 Å². The van der Waals surface area contributed by atoms with E-state index in [0.29, 0.717) is 25.7 Å². The van der Waals surface area contributed by atoms with Crippen molar-refractivity contribution in [3.8, 4) is 0 Å². The predicted molar refractivity (Wildman–Crippen MR) is 184 cm³/mol. The first-order valence-electron chi connectivity index (χ1n) is 16.5. The third-order valence-corrected chi connectivity index (χ3v) is 8.14. The molecule has 0 aromatic heterocycles. The maximum Gasteiger partial charge on any atom is 0.253 e. The van der Waals surface area contributed by atoms with Crippen LogP contribution in [0.25, 0.3) is 0 Å². The van der Waals surface area contributed by atoms with Crippen LogP contribution in [-0.4, -0.2) is 138 Å². The fourth-order valence-electron chi connectivity index (χ4n) is 4.71. The highest BCUT2D eigenvalue weighted by Crippen LogP contribution is 2.42. The summed E-state index contributed by atoms with van der Waals surface area (Å²) in [7, 11) is 0. The summed E-state index contributed by atoms with van der Waals surface area (Å²) in [6.07, 6.45) is 0.988. The lowest BCUT2D eigenvalue weighted by Crippen LogP contribution is -2.60. The van der Waals surface area contributed by atoms with Crippen LogP contribution in [-0.2, 0) is 69.0 Å². The number of nitrogens with two attached hydrogens (primary N) is 3. The molecule has 51 heavy (non-hydrogen) atoms. The standard InChI is InChI=1S/C28H55N8O13PS/c1-50(42,51)49-21-4-2-20(3-5-21)25(38)36-24(27(40)34-10-13-45-16-19-48-31)28(41)35-22(26(39)33-9-12-44-15-18-47-30)6-7-23(37)32-8-11-43-14-17-46-29/h20-22,24H,2-19,29-31H2,1H3,(H,32,37)(H,33,39)(H,34,40)(H,35,41)(H,36,38)(H,42,51). The molecule has 21 nitrogen and oxygen atoms in total. The van der Waals surface area contributed by atoms with E-state index in [1.807, 2.05) is 0 Å². The summed E-state index contributed by atoms with van der Waals surface area (Å²) in [5.74, 6) is 10.8. The molecule has 1 aliphatic carbocycles. The Morgan fingerprint density at radius 2 is 1.20 bits per heavy atom. The highest BCUT2D eigenvalue weighted by molar-refractivity contribution is 8.09. The minimum Gasteiger partial charge on any atom is -0.377 e. The Morgan fingerprint density at radius 3 is 1.69 bits per heavy atom. The van der Waals surface area contributed by atoms with Crippen LogP contribution in [0.3, 0.4) is 0 Å². The Morgan fingerprint density at radius 1 is 0.706 bits per heavy atom. The predicted octanol–water partition coefficient (Wildman–Crippen LogP) is -3.69. The first-order chi connectivity index (χ1) is 24.4. The van der Waals surface area contributed by atoms with E-state index in [1.165, 1.54) is 6.66 Å². The zero-order valence-electron chi connectivity index (χ0n) is 29.0. The lowest BCUT2D eigenvalue weighted by Gasteiger charge is -2.30. The van der Waals surface area contributed by atoms with Crippen LogP contribution in [0.1, 0.15) is 38.5 Å². The zero-order chi connectivity index (χ0) is 37.9. The van der Waals surface area contributed by atoms with Crippen molar-refractivity contribution in [1.82, 2.24) is 26.6 Å². The van der Waals surface area contributed by atoms with E-state index >= 15 is 0 Å². The van der Waals surface area contributed by atoms with E-state index < -0.39 is 54.0 Å². The third-order valence-electron chi connectivity index (χ3n) is 7.19. The van der Waals surface area contributed by atoms with E-state index in [-0.39, 0.29) is 98.0 Å². The molecular weight excluding hydrogens is 719 g/mol. The van der Waals surface area contributed by atoms with Gasteiger partial charge in [0, 0.05) is 38.6 Å². The average Bonchev–Trinajstić information content (AvgIpc) is 3.09. The third kappa shape index (κ3) is 23.0. The van der Waals surface area contributed by atoms with Gasteiger partial charge in [-0.3, -0.25) is 24.0 Å². The van der Waals surface area contributed by atoms with Crippen molar-refractivity contribution in [2.24, 2.45) is 23.6 Å². The van der Waals surface area contributed by atoms with Crippen LogP contribution in [0, 0.1) is 5.92 Å². The van der Waals surface area contributed by atoms with E-state index in [1.54, 1.807) is 0 Å². The molecule has 1 rings (SSSR count). The molecule has 23 heteroatoms. The quantitative estimate of drug-likeness (QED) is 0.0153. The molecule has 3 unspecified atom stereocenters. The van der Waals surface area contributed by atoms with Gasteiger partial charge in [0.15, 0.2) is 12.5 Å². The van der Waals surface area contributed by atoms with E-state index in [0.717, 1.165) is 0 Å². The Labute approximate surface area is 302 Å². The molecule has 0 aromatic carbocycles. The molecule has 296 valence electrons. The number of nitrogens with one attached hydrogen (secondary N) is 5. The monoisotopic (exact) mass is 774 g/mol. The molecule has 12 N–H and O–H groups in total. The Hall–Kier alpha value is -2.44. The number of hydrogen-bond acceptors (Lipinski definition) is 16. The summed E-state index contributed by atoms with van der Waals surface area (Å²) >= 11 is 4.97. The molecule has 0 radical (unpaired) electrons. The average molecular weight is 775 g/mol. The Balaban J connectivity index is 2.98. The van der Waals surface area contributed by atoms with Crippen molar-refractivity contribution in [3.05, 3.63) is 0 Å². The molecular formula is C28H55N8O13PS. The lowest BCUT2D eigenvalue weighted by molar-refractivity contribution is -0.140. The van der Waals surface area contributed by atoms with Crippen LogP contribution in [0.2, 0.25) is 0 Å². The highest BCUT2D eigenvalue weighted by Gasteiger charge is 2.35. The second kappa shape index (κ2) is 28.1. The number of ether oxygens (including phenoxy) is 3. The maximum absolute atomic E-state index is 13.6. The van der Waals surface area contributed by atoms with Crippen molar-refractivity contribution >= 4 is 47.8 Å². The van der Waals surface area contributed by atoms with Gasteiger partial charge in [0.2, 0.25) is 17.7 Å². The zero-order valence-corrected chi connectivity index (χ0v) is 30.7. The van der Waals surface area contributed by atoms with Gasteiger partial charge in [-0.1, -0.05) is 0 Å². The summed E-state index contributed by atoms with van der Waals surface area (Å²) in [6, 6.07) is -3.01. The molecule has 0 spiro atoms. The van der Waals surface area contributed by atoms with Crippen molar-refractivity contribution in [2.75, 3.05) is 85.8 Å². The molecule has 0 heterocycles. The van der Waals surface area contributed by atoms with Crippen LogP contribution < -0.4 is 44.3 Å². The van der Waals surface area contributed by atoms with Gasteiger partial charge in [0.25, 0.3) is 11.8 Å². The normalized spacial score (nSPS) is 18.1. The maximum atomic E-state index is 13.6. The van der Waals surface area contributed by atoms with Crippen LogP contribution >= 0.6 is 6.49 Å². The van der Waals surface area contributed by atoms with Gasteiger partial charge in [-0.2, -0.15) is 0 Å². The topological polar surface area (TPSA) is 308 Å². The van der Waals surface area contributed by atoms with E-state index in [2.05, 4.69) is 41.1 Å². The number of amides is 5. The fourth-order valence-corrected chi connectivity index (χ4v) is 5.84. The SMILES string of the molecule is CP(O)(=S)OC1CCC(C(=O)NC(C(=O)NCCOCCON)C(=O)NC(CCC(=O)NCCOCCON)C(=O)NCCOCCON)CC1. The van der Waals surface area contributed by atoms with Crippen LogP contribution in [0.15, 0.2) is 0 Å². The highest BCUT2D eigenvalue weighted by atomic mass is 32.5. The fraction of sp³-hybridized carbons (Fsp3) is 0.821. The van der Waals surface area contributed by atoms with Gasteiger partial charge in [-0.05, 0) is 43.9 Å². The van der Waals surface area contributed by atoms with Gasteiger partial charge in [-0.25, -0.2) is 17.7 Å². The molecule has 0 aliphatic heterocycles. The second-order valence-corrected chi connectivity index (χ2v) is 15.2. The molecule has 5 amide bonds. The van der Waals surface area contributed by atoms with Crippen molar-refractivity contribution < 1.29 is 62.1 Å². The van der Waals surface area contributed by atoms with Gasteiger partial charge in [0.05, 0.1) is 65.6 Å². The van der Waals surface area contributed by atoms with Gasteiger partial charge < -0.3 is 64.7 Å². The summed E-state index contributed by atoms with van der Waals surface area (Å²) in [6.45, 7) is 0.159.